The normalized spacial score (nSPS) is 11.2. The quantitative estimate of drug-likeness (QED) is 0.170. The summed E-state index contributed by atoms with van der Waals surface area (Å²) in [6.45, 7) is 0. The monoisotopic (exact) mass is 637 g/mol. The van der Waals surface area contributed by atoms with E-state index in [1.807, 2.05) is 30.3 Å². The van der Waals surface area contributed by atoms with Crippen molar-refractivity contribution in [2.75, 3.05) is 0 Å². The van der Waals surface area contributed by atoms with Crippen molar-refractivity contribution in [1.82, 2.24) is 15.0 Å². The largest absolute Gasteiger partial charge is 0.248 e. The lowest BCUT2D eigenvalue weighted by Crippen LogP contribution is -1.98. The van der Waals surface area contributed by atoms with Crippen molar-refractivity contribution in [2.45, 2.75) is 0 Å². The zero-order chi connectivity index (χ0) is 33.3. The fourth-order valence-corrected chi connectivity index (χ4v) is 6.83. The lowest BCUT2D eigenvalue weighted by atomic mass is 9.91. The van der Waals surface area contributed by atoms with Crippen molar-refractivity contribution in [1.29, 1.82) is 0 Å². The molecule has 2 aromatic heterocycles. The Morgan fingerprint density at radius 3 is 1.40 bits per heavy atom. The first-order chi connectivity index (χ1) is 24.8. The van der Waals surface area contributed by atoms with Crippen LogP contribution in [-0.4, -0.2) is 15.0 Å². The van der Waals surface area contributed by atoms with E-state index in [-0.39, 0.29) is 0 Å². The Kier molecular flexibility index (Phi) is 7.49. The highest BCUT2D eigenvalue weighted by molar-refractivity contribution is 6.18. The van der Waals surface area contributed by atoms with E-state index < -0.39 is 0 Å². The molecule has 9 aromatic rings. The van der Waals surface area contributed by atoms with Gasteiger partial charge in [-0.05, 0) is 51.2 Å². The van der Waals surface area contributed by atoms with Crippen molar-refractivity contribution < 1.29 is 0 Å². The standard InChI is InChI=1S/C47H31N3/c1-5-15-32(16-6-1)33-25-27-36(28-26-33)43-31-44(50-47(49-43)37-21-11-4-12-22-37)41-30-45-46(39-24-14-13-23-38(39)41)40(34-17-7-2-8-18-34)29-42(48-45)35-19-9-3-10-20-35/h1-31H. The van der Waals surface area contributed by atoms with Gasteiger partial charge in [-0.15, -0.1) is 0 Å². The van der Waals surface area contributed by atoms with Gasteiger partial charge in [0.15, 0.2) is 5.82 Å². The van der Waals surface area contributed by atoms with Crippen LogP contribution in [0.15, 0.2) is 188 Å². The van der Waals surface area contributed by atoms with Gasteiger partial charge in [-0.1, -0.05) is 170 Å². The summed E-state index contributed by atoms with van der Waals surface area (Å²) in [5.41, 5.74) is 12.4. The highest BCUT2D eigenvalue weighted by Crippen LogP contribution is 2.41. The fraction of sp³-hybridized carbons (Fsp3) is 0. The molecule has 234 valence electrons. The Bertz CT molecular complexity index is 2600. The zero-order valence-electron chi connectivity index (χ0n) is 27.2. The molecule has 0 N–H and O–H groups in total. The van der Waals surface area contributed by atoms with Crippen molar-refractivity contribution >= 4 is 21.7 Å². The maximum atomic E-state index is 5.32. The molecule has 0 saturated carbocycles. The molecule has 0 amide bonds. The third kappa shape index (κ3) is 5.51. The van der Waals surface area contributed by atoms with Gasteiger partial charge in [0.05, 0.1) is 22.6 Å². The number of pyridine rings is 1. The van der Waals surface area contributed by atoms with Gasteiger partial charge in [0.1, 0.15) is 0 Å². The Morgan fingerprint density at radius 2 is 0.740 bits per heavy atom. The first-order valence-corrected chi connectivity index (χ1v) is 16.9. The van der Waals surface area contributed by atoms with Crippen molar-refractivity contribution in [2.24, 2.45) is 0 Å². The highest BCUT2D eigenvalue weighted by atomic mass is 14.9. The first kappa shape index (κ1) is 29.4. The van der Waals surface area contributed by atoms with Gasteiger partial charge in [-0.3, -0.25) is 0 Å². The van der Waals surface area contributed by atoms with Crippen LogP contribution in [0.2, 0.25) is 0 Å². The van der Waals surface area contributed by atoms with Gasteiger partial charge in [0.25, 0.3) is 0 Å². The third-order valence-corrected chi connectivity index (χ3v) is 9.29. The maximum Gasteiger partial charge on any atom is 0.160 e. The van der Waals surface area contributed by atoms with Gasteiger partial charge < -0.3 is 0 Å². The van der Waals surface area contributed by atoms with Gasteiger partial charge in [-0.2, -0.15) is 0 Å². The average Bonchev–Trinajstić information content (AvgIpc) is 3.21. The lowest BCUT2D eigenvalue weighted by molar-refractivity contribution is 1.18. The van der Waals surface area contributed by atoms with Crippen LogP contribution in [0.25, 0.3) is 89.1 Å². The molecule has 0 aliphatic heterocycles. The van der Waals surface area contributed by atoms with Gasteiger partial charge in [0, 0.05) is 27.6 Å². The number of benzene rings is 7. The summed E-state index contributed by atoms with van der Waals surface area (Å²) in [6.07, 6.45) is 0. The molecule has 9 rings (SSSR count). The summed E-state index contributed by atoms with van der Waals surface area (Å²) < 4.78 is 0. The van der Waals surface area contributed by atoms with E-state index in [9.17, 15) is 0 Å². The van der Waals surface area contributed by atoms with Crippen LogP contribution < -0.4 is 0 Å². The molecule has 0 saturated heterocycles. The SMILES string of the molecule is c1ccc(-c2ccc(-c3cc(-c4cc5nc(-c6ccccc6)cc(-c6ccccc6)c5c5ccccc45)nc(-c4ccccc4)n3)cc2)cc1. The molecule has 3 heteroatoms. The molecular weight excluding hydrogens is 607 g/mol. The summed E-state index contributed by atoms with van der Waals surface area (Å²) in [7, 11) is 0. The molecule has 50 heavy (non-hydrogen) atoms. The second kappa shape index (κ2) is 12.7. The smallest absolute Gasteiger partial charge is 0.160 e. The fourth-order valence-electron chi connectivity index (χ4n) is 6.83. The van der Waals surface area contributed by atoms with E-state index in [2.05, 4.69) is 158 Å². The molecule has 0 atom stereocenters. The van der Waals surface area contributed by atoms with Crippen LogP contribution >= 0.6 is 0 Å². The van der Waals surface area contributed by atoms with E-state index in [0.29, 0.717) is 5.82 Å². The Hall–Kier alpha value is -6.71. The number of aromatic nitrogens is 3. The minimum absolute atomic E-state index is 0.686. The van der Waals surface area contributed by atoms with Crippen LogP contribution in [0.4, 0.5) is 0 Å². The van der Waals surface area contributed by atoms with E-state index >= 15 is 0 Å². The van der Waals surface area contributed by atoms with Crippen LogP contribution in [0.3, 0.4) is 0 Å². The second-order valence-electron chi connectivity index (χ2n) is 12.4. The molecule has 0 bridgehead atoms. The van der Waals surface area contributed by atoms with Gasteiger partial charge in [-0.25, -0.2) is 15.0 Å². The molecule has 0 radical (unpaired) electrons. The Balaban J connectivity index is 1.29. The molecule has 0 aliphatic carbocycles. The number of hydrogen-bond acceptors (Lipinski definition) is 3. The van der Waals surface area contributed by atoms with Gasteiger partial charge in [0.2, 0.25) is 0 Å². The Morgan fingerprint density at radius 1 is 0.280 bits per heavy atom. The summed E-state index contributed by atoms with van der Waals surface area (Å²) in [6, 6.07) is 65.5. The van der Waals surface area contributed by atoms with Crippen LogP contribution in [-0.2, 0) is 0 Å². The third-order valence-electron chi connectivity index (χ3n) is 9.29. The summed E-state index contributed by atoms with van der Waals surface area (Å²) in [4.78, 5) is 15.7. The molecule has 0 fully saturated rings. The number of rotatable bonds is 6. The first-order valence-electron chi connectivity index (χ1n) is 16.9. The maximum absolute atomic E-state index is 5.32. The molecule has 0 unspecified atom stereocenters. The summed E-state index contributed by atoms with van der Waals surface area (Å²) >= 11 is 0. The topological polar surface area (TPSA) is 38.7 Å². The minimum Gasteiger partial charge on any atom is -0.248 e. The predicted molar refractivity (Wildman–Crippen MR) is 207 cm³/mol. The number of fused-ring (bicyclic) bond motifs is 3. The van der Waals surface area contributed by atoms with Crippen molar-refractivity contribution in [3.63, 3.8) is 0 Å². The second-order valence-corrected chi connectivity index (χ2v) is 12.4. The van der Waals surface area contributed by atoms with E-state index in [1.54, 1.807) is 0 Å². The van der Waals surface area contributed by atoms with Crippen LogP contribution in [0.5, 0.6) is 0 Å². The van der Waals surface area contributed by atoms with Crippen molar-refractivity contribution in [3.8, 4) is 67.4 Å². The molecule has 2 heterocycles. The van der Waals surface area contributed by atoms with Gasteiger partial charge >= 0.3 is 0 Å². The molecule has 3 nitrogen and oxygen atoms in total. The summed E-state index contributed by atoms with van der Waals surface area (Å²) in [5.74, 6) is 0.686. The summed E-state index contributed by atoms with van der Waals surface area (Å²) in [5, 5.41) is 3.39. The zero-order valence-corrected chi connectivity index (χ0v) is 27.2. The van der Waals surface area contributed by atoms with E-state index in [1.165, 1.54) is 11.1 Å². The molecule has 0 aliphatic rings. The highest BCUT2D eigenvalue weighted by Gasteiger charge is 2.18. The molecule has 7 aromatic carbocycles. The predicted octanol–water partition coefficient (Wildman–Crippen LogP) is 12.2. The lowest BCUT2D eigenvalue weighted by Gasteiger charge is -2.16. The average molecular weight is 638 g/mol. The van der Waals surface area contributed by atoms with E-state index in [0.717, 1.165) is 72.1 Å². The minimum atomic E-state index is 0.686. The van der Waals surface area contributed by atoms with Crippen LogP contribution in [0, 0.1) is 0 Å². The molecular formula is C47H31N3. The number of hydrogen-bond donors (Lipinski definition) is 0. The van der Waals surface area contributed by atoms with Crippen molar-refractivity contribution in [3.05, 3.63) is 188 Å². The Labute approximate surface area is 291 Å². The van der Waals surface area contributed by atoms with E-state index in [4.69, 9.17) is 15.0 Å². The number of nitrogens with zero attached hydrogens (tertiary/aromatic N) is 3. The van der Waals surface area contributed by atoms with Crippen LogP contribution in [0.1, 0.15) is 0 Å². The molecule has 0 spiro atoms.